The van der Waals surface area contributed by atoms with Crippen LogP contribution >= 0.6 is 0 Å². The Balaban J connectivity index is 1.82. The molecule has 0 bridgehead atoms. The summed E-state index contributed by atoms with van der Waals surface area (Å²) in [5.74, 6) is -1.86. The van der Waals surface area contributed by atoms with Crippen LogP contribution in [0.3, 0.4) is 0 Å². The third-order valence-electron chi connectivity index (χ3n) is 3.89. The van der Waals surface area contributed by atoms with Crippen molar-refractivity contribution < 1.29 is 19.1 Å². The molecule has 22 heavy (non-hydrogen) atoms. The van der Waals surface area contributed by atoms with Crippen molar-refractivity contribution >= 4 is 11.9 Å². The lowest BCUT2D eigenvalue weighted by atomic mass is 10.1. The van der Waals surface area contributed by atoms with Crippen LogP contribution in [0.15, 0.2) is 48.8 Å². The minimum Gasteiger partial charge on any atom is -0.479 e. The summed E-state index contributed by atoms with van der Waals surface area (Å²) < 4.78 is 15.9. The average molecular weight is 302 g/mol. The predicted molar refractivity (Wildman–Crippen MR) is 77.8 cm³/mol. The Bertz CT molecular complexity index is 714. The Morgan fingerprint density at radius 3 is 2.55 bits per heavy atom. The summed E-state index contributed by atoms with van der Waals surface area (Å²) in [6, 6.07) is 10.7. The summed E-state index contributed by atoms with van der Waals surface area (Å²) in [5, 5.41) is 8.90. The van der Waals surface area contributed by atoms with E-state index in [4.69, 9.17) is 5.11 Å². The molecular formula is C16H15FN2O3. The van der Waals surface area contributed by atoms with E-state index >= 15 is 0 Å². The summed E-state index contributed by atoms with van der Waals surface area (Å²) in [6.07, 6.45) is 3.54. The standard InChI is InChI=1S/C16H15FN2O3/c17-16(15(21)22)6-9-19(11-16)14(20)12-4-3-5-13(10-12)18-7-1-2-8-18/h1-5,7-8,10H,6,9,11H2,(H,21,22). The lowest BCUT2D eigenvalue weighted by Crippen LogP contribution is -2.38. The summed E-state index contributed by atoms with van der Waals surface area (Å²) in [4.78, 5) is 24.6. The fraction of sp³-hybridized carbons (Fsp3) is 0.250. The van der Waals surface area contributed by atoms with Gasteiger partial charge in [0.25, 0.3) is 5.91 Å². The largest absolute Gasteiger partial charge is 0.479 e. The molecule has 1 aliphatic rings. The monoisotopic (exact) mass is 302 g/mol. The van der Waals surface area contributed by atoms with Gasteiger partial charge in [-0.25, -0.2) is 9.18 Å². The Morgan fingerprint density at radius 2 is 1.91 bits per heavy atom. The Hall–Kier alpha value is -2.63. The predicted octanol–water partition coefficient (Wildman–Crippen LogP) is 2.12. The molecule has 114 valence electrons. The van der Waals surface area contributed by atoms with E-state index in [0.29, 0.717) is 5.56 Å². The number of amides is 1. The summed E-state index contributed by atoms with van der Waals surface area (Å²) in [5.41, 5.74) is -1.10. The molecule has 5 nitrogen and oxygen atoms in total. The van der Waals surface area contributed by atoms with Gasteiger partial charge in [0, 0.05) is 36.6 Å². The molecule has 2 aromatic rings. The van der Waals surface area contributed by atoms with E-state index in [1.807, 2.05) is 35.2 Å². The molecule has 0 aliphatic carbocycles. The highest BCUT2D eigenvalue weighted by molar-refractivity contribution is 5.95. The minimum absolute atomic E-state index is 0.107. The number of carbonyl (C=O) groups is 2. The fourth-order valence-corrected chi connectivity index (χ4v) is 2.61. The summed E-state index contributed by atoms with van der Waals surface area (Å²) in [6.45, 7) is -0.301. The first-order valence-corrected chi connectivity index (χ1v) is 6.95. The lowest BCUT2D eigenvalue weighted by Gasteiger charge is -2.18. The second kappa shape index (κ2) is 5.29. The Morgan fingerprint density at radius 1 is 1.18 bits per heavy atom. The van der Waals surface area contributed by atoms with Crippen molar-refractivity contribution in [3.63, 3.8) is 0 Å². The van der Waals surface area contributed by atoms with E-state index < -0.39 is 18.2 Å². The molecule has 0 spiro atoms. The molecule has 1 aromatic carbocycles. The van der Waals surface area contributed by atoms with E-state index in [1.165, 1.54) is 4.90 Å². The minimum atomic E-state index is -2.34. The number of hydrogen-bond acceptors (Lipinski definition) is 2. The van der Waals surface area contributed by atoms with Crippen molar-refractivity contribution in [3.05, 3.63) is 54.4 Å². The quantitative estimate of drug-likeness (QED) is 0.944. The van der Waals surface area contributed by atoms with Gasteiger partial charge in [-0.15, -0.1) is 0 Å². The van der Waals surface area contributed by atoms with Crippen LogP contribution in [0, 0.1) is 0 Å². The van der Waals surface area contributed by atoms with Crippen LogP contribution in [0.1, 0.15) is 16.8 Å². The summed E-state index contributed by atoms with van der Waals surface area (Å²) in [7, 11) is 0. The van der Waals surface area contributed by atoms with Crippen molar-refractivity contribution in [2.75, 3.05) is 13.1 Å². The maximum Gasteiger partial charge on any atom is 0.343 e. The van der Waals surface area contributed by atoms with Gasteiger partial charge in [-0.3, -0.25) is 4.79 Å². The van der Waals surface area contributed by atoms with Gasteiger partial charge in [0.1, 0.15) is 0 Å². The smallest absolute Gasteiger partial charge is 0.343 e. The molecule has 1 aliphatic heterocycles. The third kappa shape index (κ3) is 2.47. The second-order valence-electron chi connectivity index (χ2n) is 5.39. The van der Waals surface area contributed by atoms with Crippen LogP contribution in [0.2, 0.25) is 0 Å². The summed E-state index contributed by atoms with van der Waals surface area (Å²) >= 11 is 0. The average Bonchev–Trinajstić information content (AvgIpc) is 3.17. The number of carboxylic acid groups (broad SMARTS) is 1. The number of benzene rings is 1. The molecule has 6 heteroatoms. The molecule has 1 fully saturated rings. The van der Waals surface area contributed by atoms with Crippen LogP contribution in [-0.4, -0.2) is 45.2 Å². The number of carbonyl (C=O) groups excluding carboxylic acids is 1. The molecule has 3 rings (SSSR count). The molecule has 1 unspecified atom stereocenters. The first-order valence-electron chi connectivity index (χ1n) is 6.95. The number of alkyl halides is 1. The molecule has 1 atom stereocenters. The molecule has 1 amide bonds. The number of rotatable bonds is 3. The van der Waals surface area contributed by atoms with Crippen molar-refractivity contribution in [2.45, 2.75) is 12.1 Å². The van der Waals surface area contributed by atoms with Crippen LogP contribution in [-0.2, 0) is 4.79 Å². The van der Waals surface area contributed by atoms with Gasteiger partial charge >= 0.3 is 5.97 Å². The number of halogens is 1. The topological polar surface area (TPSA) is 62.5 Å². The van der Waals surface area contributed by atoms with Crippen LogP contribution in [0.25, 0.3) is 5.69 Å². The second-order valence-corrected chi connectivity index (χ2v) is 5.39. The number of likely N-dealkylation sites (tertiary alicyclic amines) is 1. The van der Waals surface area contributed by atoms with Crippen molar-refractivity contribution in [3.8, 4) is 5.69 Å². The van der Waals surface area contributed by atoms with E-state index in [2.05, 4.69) is 0 Å². The number of carboxylic acids is 1. The number of aliphatic carboxylic acids is 1. The zero-order valence-corrected chi connectivity index (χ0v) is 11.8. The zero-order chi connectivity index (χ0) is 15.7. The highest BCUT2D eigenvalue weighted by Crippen LogP contribution is 2.27. The highest BCUT2D eigenvalue weighted by atomic mass is 19.1. The molecule has 0 saturated carbocycles. The molecule has 1 N–H and O–H groups in total. The van der Waals surface area contributed by atoms with Crippen molar-refractivity contribution in [2.24, 2.45) is 0 Å². The SMILES string of the molecule is O=C(c1cccc(-n2cccc2)c1)N1CCC(F)(C(=O)O)C1. The molecule has 2 heterocycles. The van der Waals surface area contributed by atoms with Gasteiger partial charge in [-0.05, 0) is 30.3 Å². The third-order valence-corrected chi connectivity index (χ3v) is 3.89. The first-order chi connectivity index (χ1) is 10.5. The highest BCUT2D eigenvalue weighted by Gasteiger charge is 2.46. The zero-order valence-electron chi connectivity index (χ0n) is 11.8. The van der Waals surface area contributed by atoms with Crippen LogP contribution < -0.4 is 0 Å². The van der Waals surface area contributed by atoms with Crippen LogP contribution in [0.4, 0.5) is 4.39 Å². The van der Waals surface area contributed by atoms with Crippen LogP contribution in [0.5, 0.6) is 0 Å². The Labute approximate surface area is 126 Å². The van der Waals surface area contributed by atoms with E-state index in [9.17, 15) is 14.0 Å². The normalized spacial score (nSPS) is 21.0. The van der Waals surface area contributed by atoms with Gasteiger partial charge in [0.05, 0.1) is 6.54 Å². The number of nitrogens with zero attached hydrogens (tertiary/aromatic N) is 2. The number of aromatic nitrogens is 1. The first kappa shape index (κ1) is 14.3. The van der Waals surface area contributed by atoms with Gasteiger partial charge in [0.2, 0.25) is 5.67 Å². The molecule has 1 saturated heterocycles. The number of hydrogen-bond donors (Lipinski definition) is 1. The van der Waals surface area contributed by atoms with Crippen molar-refractivity contribution in [1.29, 1.82) is 0 Å². The van der Waals surface area contributed by atoms with E-state index in [1.54, 1.807) is 18.2 Å². The molecule has 0 radical (unpaired) electrons. The Kier molecular flexibility index (Phi) is 3.44. The van der Waals surface area contributed by atoms with E-state index in [0.717, 1.165) is 5.69 Å². The van der Waals surface area contributed by atoms with E-state index in [-0.39, 0.29) is 18.9 Å². The fourth-order valence-electron chi connectivity index (χ4n) is 2.61. The van der Waals surface area contributed by atoms with Gasteiger partial charge in [-0.2, -0.15) is 0 Å². The maximum absolute atomic E-state index is 14.1. The molecular weight excluding hydrogens is 287 g/mol. The maximum atomic E-state index is 14.1. The van der Waals surface area contributed by atoms with Gasteiger partial charge in [0.15, 0.2) is 0 Å². The lowest BCUT2D eigenvalue weighted by molar-refractivity contribution is -0.149. The van der Waals surface area contributed by atoms with Gasteiger partial charge in [-0.1, -0.05) is 6.07 Å². The van der Waals surface area contributed by atoms with Gasteiger partial charge < -0.3 is 14.6 Å². The van der Waals surface area contributed by atoms with Crippen molar-refractivity contribution in [1.82, 2.24) is 9.47 Å². The molecule has 1 aromatic heterocycles.